The van der Waals surface area contributed by atoms with Gasteiger partial charge in [0.15, 0.2) is 0 Å². The number of carbonyl (C=O) groups is 1. The molecule has 0 saturated carbocycles. The van der Waals surface area contributed by atoms with Crippen LogP contribution in [0.2, 0.25) is 0 Å². The molecule has 0 aliphatic heterocycles. The van der Waals surface area contributed by atoms with Gasteiger partial charge < -0.3 is 15.5 Å². The zero-order valence-corrected chi connectivity index (χ0v) is 15.4. The molecule has 1 amide bonds. The average molecular weight is 343 g/mol. The minimum Gasteiger partial charge on any atom is -0.468 e. The highest BCUT2D eigenvalue weighted by atomic mass is 16.3. The summed E-state index contributed by atoms with van der Waals surface area (Å²) < 4.78 is 5.40. The molecule has 0 fully saturated rings. The van der Waals surface area contributed by atoms with E-state index in [0.717, 1.165) is 30.8 Å². The predicted octanol–water partition coefficient (Wildman–Crippen LogP) is 3.05. The first-order valence-corrected chi connectivity index (χ1v) is 8.77. The number of furan rings is 1. The molecular formula is C20H29N3O2. The first-order chi connectivity index (χ1) is 11.9. The van der Waals surface area contributed by atoms with Crippen LogP contribution in [-0.4, -0.2) is 23.4 Å². The second-order valence-electron chi connectivity index (χ2n) is 6.87. The molecule has 0 bridgehead atoms. The van der Waals surface area contributed by atoms with Crippen molar-refractivity contribution in [3.8, 4) is 0 Å². The van der Waals surface area contributed by atoms with E-state index in [0.29, 0.717) is 13.0 Å². The van der Waals surface area contributed by atoms with Crippen molar-refractivity contribution in [3.05, 3.63) is 59.5 Å². The lowest BCUT2D eigenvalue weighted by Crippen LogP contribution is -2.51. The SMILES string of the molecule is CCCC(C)(N)C(=O)NCc1ccccc1CN(C)Cc1ccco1. The molecule has 2 rings (SSSR count). The van der Waals surface area contributed by atoms with Gasteiger partial charge in [0.2, 0.25) is 5.91 Å². The van der Waals surface area contributed by atoms with Gasteiger partial charge in [0.1, 0.15) is 5.76 Å². The average Bonchev–Trinajstić information content (AvgIpc) is 3.06. The number of nitrogens with zero attached hydrogens (tertiary/aromatic N) is 1. The van der Waals surface area contributed by atoms with Crippen molar-refractivity contribution >= 4 is 5.91 Å². The van der Waals surface area contributed by atoms with Crippen molar-refractivity contribution in [2.24, 2.45) is 5.73 Å². The maximum absolute atomic E-state index is 12.3. The van der Waals surface area contributed by atoms with Crippen LogP contribution < -0.4 is 11.1 Å². The smallest absolute Gasteiger partial charge is 0.240 e. The summed E-state index contributed by atoms with van der Waals surface area (Å²) in [4.78, 5) is 14.5. The van der Waals surface area contributed by atoms with E-state index >= 15 is 0 Å². The summed E-state index contributed by atoms with van der Waals surface area (Å²) in [5.41, 5.74) is 7.57. The molecule has 0 saturated heterocycles. The quantitative estimate of drug-likeness (QED) is 0.734. The van der Waals surface area contributed by atoms with Crippen LogP contribution in [0.4, 0.5) is 0 Å². The van der Waals surface area contributed by atoms with Gasteiger partial charge in [0.05, 0.1) is 18.3 Å². The van der Waals surface area contributed by atoms with Crippen molar-refractivity contribution in [2.75, 3.05) is 7.05 Å². The number of carbonyl (C=O) groups excluding carboxylic acids is 1. The van der Waals surface area contributed by atoms with Crippen LogP contribution in [-0.2, 0) is 24.4 Å². The first-order valence-electron chi connectivity index (χ1n) is 8.77. The van der Waals surface area contributed by atoms with E-state index in [-0.39, 0.29) is 5.91 Å². The van der Waals surface area contributed by atoms with Crippen LogP contribution in [0.25, 0.3) is 0 Å². The Morgan fingerprint density at radius 1 is 1.20 bits per heavy atom. The summed E-state index contributed by atoms with van der Waals surface area (Å²) in [6.45, 7) is 5.82. The van der Waals surface area contributed by atoms with E-state index in [1.165, 1.54) is 5.56 Å². The van der Waals surface area contributed by atoms with Crippen molar-refractivity contribution in [3.63, 3.8) is 0 Å². The Hall–Kier alpha value is -2.11. The molecule has 3 N–H and O–H groups in total. The van der Waals surface area contributed by atoms with Gasteiger partial charge in [-0.15, -0.1) is 0 Å². The minimum atomic E-state index is -0.820. The number of rotatable bonds is 9. The Bertz CT molecular complexity index is 665. The summed E-state index contributed by atoms with van der Waals surface area (Å²) >= 11 is 0. The molecule has 5 heteroatoms. The zero-order chi connectivity index (χ0) is 18.3. The van der Waals surface area contributed by atoms with Crippen LogP contribution in [0.1, 0.15) is 43.6 Å². The molecule has 5 nitrogen and oxygen atoms in total. The summed E-state index contributed by atoms with van der Waals surface area (Å²) in [6.07, 6.45) is 3.24. The second-order valence-corrected chi connectivity index (χ2v) is 6.87. The molecule has 0 radical (unpaired) electrons. The Morgan fingerprint density at radius 2 is 1.92 bits per heavy atom. The van der Waals surface area contributed by atoms with Gasteiger partial charge in [0, 0.05) is 13.1 Å². The van der Waals surface area contributed by atoms with E-state index in [1.807, 2.05) is 37.3 Å². The fourth-order valence-electron chi connectivity index (χ4n) is 2.91. The van der Waals surface area contributed by atoms with Gasteiger partial charge in [-0.1, -0.05) is 37.6 Å². The Labute approximate surface area is 150 Å². The molecule has 2 aromatic rings. The lowest BCUT2D eigenvalue weighted by Gasteiger charge is -2.23. The molecular weight excluding hydrogens is 314 g/mol. The van der Waals surface area contributed by atoms with Crippen LogP contribution in [0, 0.1) is 0 Å². The summed E-state index contributed by atoms with van der Waals surface area (Å²) in [5.74, 6) is 0.833. The third-order valence-electron chi connectivity index (χ3n) is 4.29. The van der Waals surface area contributed by atoms with Crippen LogP contribution in [0.15, 0.2) is 47.1 Å². The molecule has 1 aromatic carbocycles. The summed E-state index contributed by atoms with van der Waals surface area (Å²) in [6, 6.07) is 12.0. The molecule has 1 unspecified atom stereocenters. The van der Waals surface area contributed by atoms with Crippen LogP contribution >= 0.6 is 0 Å². The van der Waals surface area contributed by atoms with Gasteiger partial charge in [0.25, 0.3) is 0 Å². The van der Waals surface area contributed by atoms with E-state index in [9.17, 15) is 4.79 Å². The number of nitrogens with one attached hydrogen (secondary N) is 1. The number of benzene rings is 1. The molecule has 0 aliphatic rings. The van der Waals surface area contributed by atoms with Gasteiger partial charge in [-0.3, -0.25) is 9.69 Å². The van der Waals surface area contributed by atoms with E-state index < -0.39 is 5.54 Å². The third kappa shape index (κ3) is 5.73. The molecule has 0 spiro atoms. The van der Waals surface area contributed by atoms with E-state index in [1.54, 1.807) is 13.2 Å². The first kappa shape index (κ1) is 19.2. The number of hydrogen-bond donors (Lipinski definition) is 2. The van der Waals surface area contributed by atoms with Crippen LogP contribution in [0.3, 0.4) is 0 Å². The fraction of sp³-hybridized carbons (Fsp3) is 0.450. The maximum atomic E-state index is 12.3. The van der Waals surface area contributed by atoms with Crippen molar-refractivity contribution < 1.29 is 9.21 Å². The fourth-order valence-corrected chi connectivity index (χ4v) is 2.91. The molecule has 136 valence electrons. The van der Waals surface area contributed by atoms with E-state index in [2.05, 4.69) is 23.3 Å². The predicted molar refractivity (Wildman–Crippen MR) is 99.7 cm³/mol. The van der Waals surface area contributed by atoms with Crippen LogP contribution in [0.5, 0.6) is 0 Å². The van der Waals surface area contributed by atoms with Crippen molar-refractivity contribution in [1.82, 2.24) is 10.2 Å². The Balaban J connectivity index is 1.96. The largest absolute Gasteiger partial charge is 0.468 e. The third-order valence-corrected chi connectivity index (χ3v) is 4.29. The molecule has 1 heterocycles. The highest BCUT2D eigenvalue weighted by Gasteiger charge is 2.26. The normalized spacial score (nSPS) is 13.6. The van der Waals surface area contributed by atoms with Gasteiger partial charge in [-0.05, 0) is 43.7 Å². The monoisotopic (exact) mass is 343 g/mol. The molecule has 1 atom stereocenters. The lowest BCUT2D eigenvalue weighted by molar-refractivity contribution is -0.126. The van der Waals surface area contributed by atoms with Gasteiger partial charge in [-0.2, -0.15) is 0 Å². The summed E-state index contributed by atoms with van der Waals surface area (Å²) in [5, 5.41) is 2.98. The number of hydrogen-bond acceptors (Lipinski definition) is 4. The highest BCUT2D eigenvalue weighted by Crippen LogP contribution is 2.14. The van der Waals surface area contributed by atoms with Gasteiger partial charge in [-0.25, -0.2) is 0 Å². The van der Waals surface area contributed by atoms with Crippen molar-refractivity contribution in [2.45, 2.75) is 51.9 Å². The topological polar surface area (TPSA) is 71.5 Å². The number of amides is 1. The molecule has 25 heavy (non-hydrogen) atoms. The lowest BCUT2D eigenvalue weighted by atomic mass is 9.96. The second kappa shape index (κ2) is 8.83. The van der Waals surface area contributed by atoms with E-state index in [4.69, 9.17) is 10.2 Å². The number of nitrogens with two attached hydrogens (primary N) is 1. The molecule has 1 aromatic heterocycles. The maximum Gasteiger partial charge on any atom is 0.240 e. The Morgan fingerprint density at radius 3 is 2.56 bits per heavy atom. The highest BCUT2D eigenvalue weighted by molar-refractivity contribution is 5.85. The van der Waals surface area contributed by atoms with Gasteiger partial charge >= 0.3 is 0 Å². The summed E-state index contributed by atoms with van der Waals surface area (Å²) in [7, 11) is 2.05. The Kier molecular flexibility index (Phi) is 6.79. The standard InChI is InChI=1S/C20H29N3O2/c1-4-11-20(2,21)19(24)22-13-16-8-5-6-9-17(16)14-23(3)15-18-10-7-12-25-18/h5-10,12H,4,11,13-15,21H2,1-3H3,(H,22,24). The minimum absolute atomic E-state index is 0.104. The zero-order valence-electron chi connectivity index (χ0n) is 15.4. The van der Waals surface area contributed by atoms with Crippen molar-refractivity contribution in [1.29, 1.82) is 0 Å². The molecule has 0 aliphatic carbocycles.